The smallest absolute Gasteiger partial charge is 0.264 e. The third-order valence-electron chi connectivity index (χ3n) is 2.30. The summed E-state index contributed by atoms with van der Waals surface area (Å²) in [4.78, 5) is 0. The van der Waals surface area contributed by atoms with Crippen LogP contribution >= 0.6 is 0 Å². The van der Waals surface area contributed by atoms with E-state index >= 15 is 0 Å². The SMILES string of the molecule is COc1ccc(CC/C=C/COS(C)(=O)=O)cc1. The van der Waals surface area contributed by atoms with Gasteiger partial charge in [-0.05, 0) is 30.5 Å². The number of hydrogen-bond acceptors (Lipinski definition) is 4. The number of benzene rings is 1. The van der Waals surface area contributed by atoms with Gasteiger partial charge in [0.05, 0.1) is 20.0 Å². The summed E-state index contributed by atoms with van der Waals surface area (Å²) in [5.74, 6) is 0.843. The molecule has 0 bridgehead atoms. The lowest BCUT2D eigenvalue weighted by Crippen LogP contribution is -2.01. The molecule has 5 heteroatoms. The van der Waals surface area contributed by atoms with Gasteiger partial charge in [-0.1, -0.05) is 24.3 Å². The van der Waals surface area contributed by atoms with Crippen LogP contribution < -0.4 is 4.74 Å². The maximum atomic E-state index is 10.7. The van der Waals surface area contributed by atoms with Crippen LogP contribution in [0.4, 0.5) is 0 Å². The van der Waals surface area contributed by atoms with Gasteiger partial charge in [0.25, 0.3) is 10.1 Å². The first kappa shape index (κ1) is 14.7. The molecule has 0 spiro atoms. The van der Waals surface area contributed by atoms with Crippen LogP contribution in [0.1, 0.15) is 12.0 Å². The molecule has 0 saturated carbocycles. The molecule has 0 fully saturated rings. The molecule has 100 valence electrons. The normalized spacial score (nSPS) is 11.9. The Morgan fingerprint density at radius 2 is 1.83 bits per heavy atom. The molecular formula is C13H18O4S. The number of aryl methyl sites for hydroxylation is 1. The Hall–Kier alpha value is -1.33. The van der Waals surface area contributed by atoms with Crippen LogP contribution in [0.25, 0.3) is 0 Å². The van der Waals surface area contributed by atoms with Crippen molar-refractivity contribution in [2.45, 2.75) is 12.8 Å². The zero-order chi connectivity index (χ0) is 13.4. The highest BCUT2D eigenvalue weighted by atomic mass is 32.2. The highest BCUT2D eigenvalue weighted by Gasteiger charge is 1.97. The minimum Gasteiger partial charge on any atom is -0.497 e. The Labute approximate surface area is 108 Å². The second-order valence-electron chi connectivity index (χ2n) is 3.85. The minimum absolute atomic E-state index is 0.0987. The maximum absolute atomic E-state index is 10.7. The molecule has 18 heavy (non-hydrogen) atoms. The summed E-state index contributed by atoms with van der Waals surface area (Å²) < 4.78 is 31.0. The number of allylic oxidation sites excluding steroid dienone is 1. The topological polar surface area (TPSA) is 52.6 Å². The number of hydrogen-bond donors (Lipinski definition) is 0. The summed E-state index contributed by atoms with van der Waals surface area (Å²) in [6, 6.07) is 7.87. The van der Waals surface area contributed by atoms with E-state index in [1.165, 1.54) is 5.56 Å². The van der Waals surface area contributed by atoms with Gasteiger partial charge >= 0.3 is 0 Å². The summed E-state index contributed by atoms with van der Waals surface area (Å²) in [7, 11) is -1.70. The van der Waals surface area contributed by atoms with Crippen molar-refractivity contribution in [1.82, 2.24) is 0 Å². The van der Waals surface area contributed by atoms with E-state index in [2.05, 4.69) is 4.18 Å². The molecule has 0 saturated heterocycles. The molecule has 0 N–H and O–H groups in total. The molecule has 0 unspecified atom stereocenters. The van der Waals surface area contributed by atoms with Crippen molar-refractivity contribution in [2.75, 3.05) is 20.0 Å². The van der Waals surface area contributed by atoms with E-state index in [1.807, 2.05) is 30.3 Å². The van der Waals surface area contributed by atoms with E-state index in [4.69, 9.17) is 4.74 Å². The van der Waals surface area contributed by atoms with Gasteiger partial charge in [-0.2, -0.15) is 8.42 Å². The predicted octanol–water partition coefficient (Wildman–Crippen LogP) is 2.16. The highest BCUT2D eigenvalue weighted by molar-refractivity contribution is 7.85. The molecule has 0 amide bonds. The number of rotatable bonds is 7. The fourth-order valence-corrected chi connectivity index (χ4v) is 1.72. The van der Waals surface area contributed by atoms with Crippen molar-refractivity contribution in [1.29, 1.82) is 0 Å². The second kappa shape index (κ2) is 7.18. The van der Waals surface area contributed by atoms with Gasteiger partial charge in [-0.3, -0.25) is 4.18 Å². The van der Waals surface area contributed by atoms with Crippen molar-refractivity contribution in [2.24, 2.45) is 0 Å². The summed E-state index contributed by atoms with van der Waals surface area (Å²) in [6.45, 7) is 0.0987. The van der Waals surface area contributed by atoms with Crippen LogP contribution in [0.5, 0.6) is 5.75 Å². The Balaban J connectivity index is 2.26. The van der Waals surface area contributed by atoms with E-state index < -0.39 is 10.1 Å². The Morgan fingerprint density at radius 3 is 2.39 bits per heavy atom. The van der Waals surface area contributed by atoms with Crippen molar-refractivity contribution >= 4 is 10.1 Å². The summed E-state index contributed by atoms with van der Waals surface area (Å²) in [5, 5.41) is 0. The van der Waals surface area contributed by atoms with Crippen molar-refractivity contribution in [3.05, 3.63) is 42.0 Å². The molecule has 0 heterocycles. The second-order valence-corrected chi connectivity index (χ2v) is 5.49. The van der Waals surface area contributed by atoms with Crippen LogP contribution in [0.3, 0.4) is 0 Å². The lowest BCUT2D eigenvalue weighted by Gasteiger charge is -2.01. The van der Waals surface area contributed by atoms with Crippen LogP contribution in [-0.2, 0) is 20.7 Å². The minimum atomic E-state index is -3.34. The molecule has 1 aromatic carbocycles. The Morgan fingerprint density at radius 1 is 1.17 bits per heavy atom. The zero-order valence-electron chi connectivity index (χ0n) is 10.6. The fourth-order valence-electron chi connectivity index (χ4n) is 1.39. The standard InChI is InChI=1S/C13H18O4S/c1-16-13-9-7-12(8-10-13)6-4-3-5-11-17-18(2,14)15/h3,5,7-10H,4,6,11H2,1-2H3/b5-3+. The van der Waals surface area contributed by atoms with E-state index in [0.717, 1.165) is 24.8 Å². The van der Waals surface area contributed by atoms with Gasteiger partial charge in [-0.15, -0.1) is 0 Å². The molecule has 1 aromatic rings. The maximum Gasteiger partial charge on any atom is 0.264 e. The van der Waals surface area contributed by atoms with Gasteiger partial charge in [-0.25, -0.2) is 0 Å². The van der Waals surface area contributed by atoms with Crippen LogP contribution in [0, 0.1) is 0 Å². The van der Waals surface area contributed by atoms with E-state index in [9.17, 15) is 8.42 Å². The van der Waals surface area contributed by atoms with Gasteiger partial charge in [0.15, 0.2) is 0 Å². The molecular weight excluding hydrogens is 252 g/mol. The molecule has 0 atom stereocenters. The quantitative estimate of drug-likeness (QED) is 0.563. The van der Waals surface area contributed by atoms with Crippen molar-refractivity contribution in [3.63, 3.8) is 0 Å². The molecule has 0 aliphatic rings. The van der Waals surface area contributed by atoms with Crippen LogP contribution in [0.15, 0.2) is 36.4 Å². The highest BCUT2D eigenvalue weighted by Crippen LogP contribution is 2.12. The summed E-state index contributed by atoms with van der Waals surface area (Å²) in [6.07, 6.45) is 6.41. The van der Waals surface area contributed by atoms with Crippen molar-refractivity contribution in [3.8, 4) is 5.75 Å². The Kier molecular flexibility index (Phi) is 5.88. The van der Waals surface area contributed by atoms with Crippen LogP contribution in [0.2, 0.25) is 0 Å². The Bertz CT molecular complexity index is 474. The lowest BCUT2D eigenvalue weighted by atomic mass is 10.1. The van der Waals surface area contributed by atoms with Gasteiger partial charge in [0.1, 0.15) is 5.75 Å². The third kappa shape index (κ3) is 6.42. The first-order chi connectivity index (χ1) is 8.51. The van der Waals surface area contributed by atoms with Gasteiger partial charge < -0.3 is 4.74 Å². The molecule has 0 aliphatic carbocycles. The molecule has 1 rings (SSSR count). The van der Waals surface area contributed by atoms with Gasteiger partial charge in [0, 0.05) is 0 Å². The van der Waals surface area contributed by atoms with E-state index in [-0.39, 0.29) is 6.61 Å². The summed E-state index contributed by atoms with van der Waals surface area (Å²) >= 11 is 0. The molecule has 0 aromatic heterocycles. The third-order valence-corrected chi connectivity index (χ3v) is 2.87. The molecule has 0 aliphatic heterocycles. The lowest BCUT2D eigenvalue weighted by molar-refractivity contribution is 0.361. The molecule has 4 nitrogen and oxygen atoms in total. The van der Waals surface area contributed by atoms with Crippen molar-refractivity contribution < 1.29 is 17.3 Å². The first-order valence-electron chi connectivity index (χ1n) is 5.63. The number of ether oxygens (including phenoxy) is 1. The van der Waals surface area contributed by atoms with E-state index in [1.54, 1.807) is 13.2 Å². The zero-order valence-corrected chi connectivity index (χ0v) is 11.4. The van der Waals surface area contributed by atoms with E-state index in [0.29, 0.717) is 0 Å². The monoisotopic (exact) mass is 270 g/mol. The van der Waals surface area contributed by atoms with Crippen LogP contribution in [-0.4, -0.2) is 28.4 Å². The van der Waals surface area contributed by atoms with Gasteiger partial charge in [0.2, 0.25) is 0 Å². The first-order valence-corrected chi connectivity index (χ1v) is 7.45. The summed E-state index contributed by atoms with van der Waals surface area (Å²) in [5.41, 5.74) is 1.21. The largest absolute Gasteiger partial charge is 0.497 e. The average Bonchev–Trinajstić information content (AvgIpc) is 2.33. The average molecular weight is 270 g/mol. The number of methoxy groups -OCH3 is 1. The predicted molar refractivity (Wildman–Crippen MR) is 71.3 cm³/mol. The fraction of sp³-hybridized carbons (Fsp3) is 0.385. The molecule has 0 radical (unpaired) electrons.